The van der Waals surface area contributed by atoms with Crippen molar-refractivity contribution in [2.45, 2.75) is 19.4 Å². The fourth-order valence-corrected chi connectivity index (χ4v) is 2.70. The van der Waals surface area contributed by atoms with E-state index in [4.69, 9.17) is 16.3 Å². The molecule has 1 amide bonds. The minimum atomic E-state index is -0.0392. The molecule has 1 atom stereocenters. The Morgan fingerprint density at radius 3 is 2.85 bits per heavy atom. The lowest BCUT2D eigenvalue weighted by Crippen LogP contribution is -2.42. The van der Waals surface area contributed by atoms with E-state index in [1.165, 1.54) is 4.90 Å². The molecule has 1 saturated heterocycles. The van der Waals surface area contributed by atoms with E-state index in [0.717, 1.165) is 18.5 Å². The van der Waals surface area contributed by atoms with Gasteiger partial charge in [-0.1, -0.05) is 35.9 Å². The SMILES string of the molecule is C=C(C)CNC(=NCC(=O)N(C)C)N1CCC(Oc2ccccc2Cl)C1. The Hall–Kier alpha value is -2.21. The number of halogens is 1. The van der Waals surface area contributed by atoms with Crippen LogP contribution in [0.3, 0.4) is 0 Å². The van der Waals surface area contributed by atoms with Gasteiger partial charge in [0.25, 0.3) is 0 Å². The highest BCUT2D eigenvalue weighted by Crippen LogP contribution is 2.26. The lowest BCUT2D eigenvalue weighted by atomic mass is 10.3. The van der Waals surface area contributed by atoms with Crippen molar-refractivity contribution in [2.24, 2.45) is 4.99 Å². The summed E-state index contributed by atoms with van der Waals surface area (Å²) in [5.74, 6) is 1.35. The minimum absolute atomic E-state index is 0.0243. The fourth-order valence-electron chi connectivity index (χ4n) is 2.52. The van der Waals surface area contributed by atoms with Gasteiger partial charge in [-0.25, -0.2) is 4.99 Å². The zero-order chi connectivity index (χ0) is 19.1. The van der Waals surface area contributed by atoms with Gasteiger partial charge in [0.1, 0.15) is 18.4 Å². The van der Waals surface area contributed by atoms with E-state index in [0.29, 0.717) is 29.8 Å². The standard InChI is InChI=1S/C19H27ClN4O2/c1-14(2)11-21-19(22-12-18(25)23(3)4)24-10-9-15(13-24)26-17-8-6-5-7-16(17)20/h5-8,15H,1,9-13H2,2-4H3,(H,21,22). The predicted octanol–water partition coefficient (Wildman–Crippen LogP) is 2.40. The van der Waals surface area contributed by atoms with Gasteiger partial charge in [-0.2, -0.15) is 0 Å². The smallest absolute Gasteiger partial charge is 0.243 e. The maximum Gasteiger partial charge on any atom is 0.243 e. The van der Waals surface area contributed by atoms with E-state index in [9.17, 15) is 4.79 Å². The summed E-state index contributed by atoms with van der Waals surface area (Å²) in [7, 11) is 3.45. The van der Waals surface area contributed by atoms with Gasteiger partial charge in [-0.05, 0) is 19.1 Å². The Morgan fingerprint density at radius 2 is 2.19 bits per heavy atom. The molecule has 0 radical (unpaired) electrons. The summed E-state index contributed by atoms with van der Waals surface area (Å²) in [4.78, 5) is 20.0. The zero-order valence-corrected chi connectivity index (χ0v) is 16.4. The van der Waals surface area contributed by atoms with Gasteiger partial charge in [0.2, 0.25) is 5.91 Å². The number of carbonyl (C=O) groups excluding carboxylic acids is 1. The van der Waals surface area contributed by atoms with Crippen molar-refractivity contribution in [1.82, 2.24) is 15.1 Å². The van der Waals surface area contributed by atoms with E-state index >= 15 is 0 Å². The number of nitrogens with zero attached hydrogens (tertiary/aromatic N) is 3. The van der Waals surface area contributed by atoms with Gasteiger partial charge in [-0.15, -0.1) is 0 Å². The first-order valence-corrected chi connectivity index (χ1v) is 9.03. The van der Waals surface area contributed by atoms with Gasteiger partial charge < -0.3 is 19.9 Å². The number of ether oxygens (including phenoxy) is 1. The summed E-state index contributed by atoms with van der Waals surface area (Å²) in [5.41, 5.74) is 1.000. The summed E-state index contributed by atoms with van der Waals surface area (Å²) < 4.78 is 6.03. The van der Waals surface area contributed by atoms with Gasteiger partial charge in [0, 0.05) is 33.6 Å². The Kier molecular flexibility index (Phi) is 7.33. The third-order valence-electron chi connectivity index (χ3n) is 3.99. The summed E-state index contributed by atoms with van der Waals surface area (Å²) in [6.07, 6.45) is 0.886. The molecule has 2 rings (SSSR count). The van der Waals surface area contributed by atoms with Crippen LogP contribution >= 0.6 is 11.6 Å². The minimum Gasteiger partial charge on any atom is -0.487 e. The fraction of sp³-hybridized carbons (Fsp3) is 0.474. The van der Waals surface area contributed by atoms with E-state index in [-0.39, 0.29) is 18.6 Å². The number of carbonyl (C=O) groups is 1. The van der Waals surface area contributed by atoms with Crippen LogP contribution in [0.5, 0.6) is 5.75 Å². The van der Waals surface area contributed by atoms with Crippen molar-refractivity contribution >= 4 is 23.5 Å². The van der Waals surface area contributed by atoms with Crippen LogP contribution < -0.4 is 10.1 Å². The number of para-hydroxylation sites is 1. The second-order valence-corrected chi connectivity index (χ2v) is 7.05. The van der Waals surface area contributed by atoms with E-state index in [2.05, 4.69) is 21.8 Å². The van der Waals surface area contributed by atoms with Crippen molar-refractivity contribution in [3.8, 4) is 5.75 Å². The first kappa shape index (κ1) is 20.1. The highest BCUT2D eigenvalue weighted by atomic mass is 35.5. The maximum absolute atomic E-state index is 11.9. The quantitative estimate of drug-likeness (QED) is 0.469. The number of guanidine groups is 1. The zero-order valence-electron chi connectivity index (χ0n) is 15.7. The third kappa shape index (κ3) is 5.95. The molecule has 0 bridgehead atoms. The molecule has 1 aromatic rings. The van der Waals surface area contributed by atoms with Crippen LogP contribution in [0.25, 0.3) is 0 Å². The number of likely N-dealkylation sites (N-methyl/N-ethyl adjacent to an activating group) is 1. The monoisotopic (exact) mass is 378 g/mol. The number of hydrogen-bond donors (Lipinski definition) is 1. The van der Waals surface area contributed by atoms with Crippen molar-refractivity contribution in [1.29, 1.82) is 0 Å². The molecule has 1 N–H and O–H groups in total. The summed E-state index contributed by atoms with van der Waals surface area (Å²) in [6.45, 7) is 8.06. The van der Waals surface area contributed by atoms with Crippen LogP contribution in [-0.4, -0.2) is 68.0 Å². The average molecular weight is 379 g/mol. The van der Waals surface area contributed by atoms with E-state index in [1.54, 1.807) is 14.1 Å². The van der Waals surface area contributed by atoms with Crippen LogP contribution in [0.4, 0.5) is 0 Å². The molecule has 0 aromatic heterocycles. The number of benzene rings is 1. The number of likely N-dealkylation sites (tertiary alicyclic amines) is 1. The molecule has 26 heavy (non-hydrogen) atoms. The van der Waals surface area contributed by atoms with Crippen LogP contribution in [0.1, 0.15) is 13.3 Å². The Balaban J connectivity index is 2.01. The number of rotatable bonds is 6. The largest absolute Gasteiger partial charge is 0.487 e. The molecule has 0 spiro atoms. The molecule has 0 saturated carbocycles. The van der Waals surface area contributed by atoms with Gasteiger partial charge in [-0.3, -0.25) is 4.79 Å². The van der Waals surface area contributed by atoms with Crippen LogP contribution in [0.2, 0.25) is 5.02 Å². The summed E-state index contributed by atoms with van der Waals surface area (Å²) >= 11 is 6.17. The van der Waals surface area contributed by atoms with Gasteiger partial charge in [0.05, 0.1) is 11.6 Å². The molecule has 7 heteroatoms. The highest BCUT2D eigenvalue weighted by Gasteiger charge is 2.27. The molecule has 142 valence electrons. The molecule has 1 unspecified atom stereocenters. The number of nitrogens with one attached hydrogen (secondary N) is 1. The molecule has 6 nitrogen and oxygen atoms in total. The third-order valence-corrected chi connectivity index (χ3v) is 4.30. The van der Waals surface area contributed by atoms with Crippen molar-refractivity contribution in [3.05, 3.63) is 41.4 Å². The van der Waals surface area contributed by atoms with Gasteiger partial charge in [0.15, 0.2) is 5.96 Å². The van der Waals surface area contributed by atoms with Crippen molar-refractivity contribution < 1.29 is 9.53 Å². The first-order chi connectivity index (χ1) is 12.4. The molecule has 0 aliphatic carbocycles. The van der Waals surface area contributed by atoms with Crippen molar-refractivity contribution in [3.63, 3.8) is 0 Å². The molecule has 1 heterocycles. The van der Waals surface area contributed by atoms with Gasteiger partial charge >= 0.3 is 0 Å². The molecule has 1 aromatic carbocycles. The molecule has 1 aliphatic rings. The topological polar surface area (TPSA) is 57.2 Å². The first-order valence-electron chi connectivity index (χ1n) is 8.65. The van der Waals surface area contributed by atoms with Crippen LogP contribution in [-0.2, 0) is 4.79 Å². The Morgan fingerprint density at radius 1 is 1.46 bits per heavy atom. The lowest BCUT2D eigenvalue weighted by molar-refractivity contribution is -0.127. The Bertz CT molecular complexity index is 675. The van der Waals surface area contributed by atoms with Crippen molar-refractivity contribution in [2.75, 3.05) is 40.3 Å². The molecule has 1 fully saturated rings. The van der Waals surface area contributed by atoms with E-state index < -0.39 is 0 Å². The highest BCUT2D eigenvalue weighted by molar-refractivity contribution is 6.32. The Labute approximate surface area is 160 Å². The second kappa shape index (κ2) is 9.48. The normalized spacial score (nSPS) is 17.2. The number of amides is 1. The van der Waals surface area contributed by atoms with Crippen LogP contribution in [0, 0.1) is 0 Å². The molecular formula is C19H27ClN4O2. The average Bonchev–Trinajstić information content (AvgIpc) is 3.04. The molecular weight excluding hydrogens is 352 g/mol. The maximum atomic E-state index is 11.9. The predicted molar refractivity (Wildman–Crippen MR) is 106 cm³/mol. The van der Waals surface area contributed by atoms with E-state index in [1.807, 2.05) is 31.2 Å². The lowest BCUT2D eigenvalue weighted by Gasteiger charge is -2.22. The number of hydrogen-bond acceptors (Lipinski definition) is 3. The van der Waals surface area contributed by atoms with Crippen LogP contribution in [0.15, 0.2) is 41.4 Å². The number of aliphatic imine (C=N–C) groups is 1. The molecule has 1 aliphatic heterocycles. The summed E-state index contributed by atoms with van der Waals surface area (Å²) in [6, 6.07) is 7.47. The second-order valence-electron chi connectivity index (χ2n) is 6.64. The summed E-state index contributed by atoms with van der Waals surface area (Å²) in [5, 5.41) is 3.88.